The van der Waals surface area contributed by atoms with Crippen LogP contribution in [0.15, 0.2) is 42.6 Å². The van der Waals surface area contributed by atoms with E-state index in [0.29, 0.717) is 5.15 Å². The van der Waals surface area contributed by atoms with Crippen LogP contribution in [-0.2, 0) is 0 Å². The second-order valence-corrected chi connectivity index (χ2v) is 3.16. The van der Waals surface area contributed by atoms with E-state index in [1.54, 1.807) is 12.3 Å². The number of hydrogen-bond acceptors (Lipinski definition) is 2. The highest BCUT2D eigenvalue weighted by molar-refractivity contribution is 6.29. The van der Waals surface area contributed by atoms with Crippen molar-refractivity contribution < 1.29 is 0 Å². The minimum Gasteiger partial charge on any atom is -0.354 e. The van der Waals surface area contributed by atoms with E-state index in [2.05, 4.69) is 16.4 Å². The Bertz CT molecular complexity index is 397. The molecule has 2 rings (SSSR count). The standard InChI is InChI=1S/C11H8ClN2/c12-11-7-6-10(8-13-11)14-9-4-2-1-3-5-9/h1-4,6-8,14H. The first-order valence-corrected chi connectivity index (χ1v) is 4.58. The van der Waals surface area contributed by atoms with Crippen molar-refractivity contribution >= 4 is 23.0 Å². The molecule has 0 atom stereocenters. The van der Waals surface area contributed by atoms with E-state index in [9.17, 15) is 0 Å². The van der Waals surface area contributed by atoms with Gasteiger partial charge >= 0.3 is 0 Å². The Kier molecular flexibility index (Phi) is 2.65. The van der Waals surface area contributed by atoms with Crippen molar-refractivity contribution in [2.75, 3.05) is 5.32 Å². The third-order valence-electron chi connectivity index (χ3n) is 1.72. The van der Waals surface area contributed by atoms with Gasteiger partial charge in [0.25, 0.3) is 0 Å². The number of benzene rings is 1. The molecule has 14 heavy (non-hydrogen) atoms. The topological polar surface area (TPSA) is 24.9 Å². The van der Waals surface area contributed by atoms with E-state index in [0.717, 1.165) is 11.4 Å². The van der Waals surface area contributed by atoms with Gasteiger partial charge in [0, 0.05) is 11.8 Å². The van der Waals surface area contributed by atoms with Crippen LogP contribution in [-0.4, -0.2) is 4.98 Å². The number of rotatable bonds is 2. The molecule has 2 nitrogen and oxygen atoms in total. The summed E-state index contributed by atoms with van der Waals surface area (Å²) < 4.78 is 0. The number of nitrogens with zero attached hydrogens (tertiary/aromatic N) is 1. The van der Waals surface area contributed by atoms with Crippen LogP contribution in [0, 0.1) is 6.07 Å². The van der Waals surface area contributed by atoms with E-state index >= 15 is 0 Å². The summed E-state index contributed by atoms with van der Waals surface area (Å²) in [5, 5.41) is 3.65. The fourth-order valence-electron chi connectivity index (χ4n) is 1.08. The maximum absolute atomic E-state index is 5.67. The number of para-hydroxylation sites is 1. The lowest BCUT2D eigenvalue weighted by molar-refractivity contribution is 1.32. The number of pyridine rings is 1. The number of aromatic nitrogens is 1. The summed E-state index contributed by atoms with van der Waals surface area (Å²) >= 11 is 5.67. The van der Waals surface area contributed by atoms with Crippen molar-refractivity contribution in [3.63, 3.8) is 0 Å². The average Bonchev–Trinajstić information content (AvgIpc) is 2.23. The number of nitrogens with one attached hydrogen (secondary N) is 1. The molecule has 0 unspecified atom stereocenters. The minimum atomic E-state index is 0.493. The maximum atomic E-state index is 5.67. The van der Waals surface area contributed by atoms with E-state index in [-0.39, 0.29) is 0 Å². The van der Waals surface area contributed by atoms with Crippen LogP contribution in [0.1, 0.15) is 0 Å². The molecule has 1 radical (unpaired) electrons. The molecule has 0 saturated heterocycles. The largest absolute Gasteiger partial charge is 0.354 e. The molecule has 0 spiro atoms. The first kappa shape index (κ1) is 9.03. The molecule has 0 amide bonds. The predicted octanol–water partition coefficient (Wildman–Crippen LogP) is 3.28. The molecular weight excluding hydrogens is 196 g/mol. The third kappa shape index (κ3) is 2.24. The monoisotopic (exact) mass is 203 g/mol. The SMILES string of the molecule is Clc1ccc(Nc2[c]cccc2)cn1. The Morgan fingerprint density at radius 1 is 1.21 bits per heavy atom. The van der Waals surface area contributed by atoms with Crippen LogP contribution < -0.4 is 5.32 Å². The quantitative estimate of drug-likeness (QED) is 0.758. The van der Waals surface area contributed by atoms with Crippen LogP contribution in [0.2, 0.25) is 5.15 Å². The van der Waals surface area contributed by atoms with Crippen molar-refractivity contribution in [3.05, 3.63) is 53.8 Å². The smallest absolute Gasteiger partial charge is 0.129 e. The van der Waals surface area contributed by atoms with Crippen molar-refractivity contribution in [3.8, 4) is 0 Å². The highest BCUT2D eigenvalue weighted by Gasteiger charge is 1.94. The summed E-state index contributed by atoms with van der Waals surface area (Å²) in [6.45, 7) is 0. The molecule has 1 heterocycles. The summed E-state index contributed by atoms with van der Waals surface area (Å²) in [6.07, 6.45) is 1.68. The van der Waals surface area contributed by atoms with Gasteiger partial charge in [-0.05, 0) is 18.2 Å². The van der Waals surface area contributed by atoms with Crippen LogP contribution in [0.5, 0.6) is 0 Å². The van der Waals surface area contributed by atoms with Crippen molar-refractivity contribution in [1.82, 2.24) is 4.98 Å². The second-order valence-electron chi connectivity index (χ2n) is 2.77. The molecule has 0 bridgehead atoms. The van der Waals surface area contributed by atoms with Gasteiger partial charge in [0.2, 0.25) is 0 Å². The summed E-state index contributed by atoms with van der Waals surface area (Å²) in [5.41, 5.74) is 1.81. The summed E-state index contributed by atoms with van der Waals surface area (Å²) in [7, 11) is 0. The van der Waals surface area contributed by atoms with Crippen LogP contribution in [0.4, 0.5) is 11.4 Å². The summed E-state index contributed by atoms with van der Waals surface area (Å²) in [5.74, 6) is 0. The average molecular weight is 204 g/mol. The third-order valence-corrected chi connectivity index (χ3v) is 1.94. The highest BCUT2D eigenvalue weighted by atomic mass is 35.5. The molecule has 0 aliphatic rings. The second kappa shape index (κ2) is 4.11. The first-order chi connectivity index (χ1) is 6.84. The molecule has 0 aliphatic heterocycles. The fourth-order valence-corrected chi connectivity index (χ4v) is 1.19. The van der Waals surface area contributed by atoms with Gasteiger partial charge in [-0.25, -0.2) is 4.98 Å². The van der Waals surface area contributed by atoms with E-state index < -0.39 is 0 Å². The van der Waals surface area contributed by atoms with Gasteiger partial charge < -0.3 is 5.32 Å². The van der Waals surface area contributed by atoms with Crippen LogP contribution >= 0.6 is 11.6 Å². The lowest BCUT2D eigenvalue weighted by Gasteiger charge is -2.04. The molecular formula is C11H8ClN2. The normalized spacial score (nSPS) is 9.79. The minimum absolute atomic E-state index is 0.493. The Morgan fingerprint density at radius 2 is 2.14 bits per heavy atom. The first-order valence-electron chi connectivity index (χ1n) is 4.20. The predicted molar refractivity (Wildman–Crippen MR) is 57.8 cm³/mol. The molecule has 3 heteroatoms. The van der Waals surface area contributed by atoms with E-state index in [1.165, 1.54) is 0 Å². The Labute approximate surface area is 87.6 Å². The maximum Gasteiger partial charge on any atom is 0.129 e. The van der Waals surface area contributed by atoms with Crippen LogP contribution in [0.25, 0.3) is 0 Å². The zero-order chi connectivity index (χ0) is 9.80. The molecule has 1 aromatic heterocycles. The van der Waals surface area contributed by atoms with Gasteiger partial charge in [0.1, 0.15) is 5.15 Å². The molecule has 69 valence electrons. The van der Waals surface area contributed by atoms with Gasteiger partial charge in [-0.2, -0.15) is 0 Å². The molecule has 0 aliphatic carbocycles. The molecule has 0 fully saturated rings. The summed E-state index contributed by atoms with van der Waals surface area (Å²) in [6, 6.07) is 14.3. The highest BCUT2D eigenvalue weighted by Crippen LogP contribution is 2.15. The van der Waals surface area contributed by atoms with Gasteiger partial charge in [-0.15, -0.1) is 0 Å². The molecule has 1 N–H and O–H groups in total. The van der Waals surface area contributed by atoms with Crippen molar-refractivity contribution in [2.24, 2.45) is 0 Å². The lowest BCUT2D eigenvalue weighted by Crippen LogP contribution is -1.90. The number of hydrogen-bond donors (Lipinski definition) is 1. The van der Waals surface area contributed by atoms with Gasteiger partial charge in [-0.3, -0.25) is 0 Å². The Balaban J connectivity index is 2.16. The van der Waals surface area contributed by atoms with Gasteiger partial charge in [0.15, 0.2) is 0 Å². The Morgan fingerprint density at radius 3 is 2.79 bits per heavy atom. The zero-order valence-corrected chi connectivity index (χ0v) is 8.12. The molecule has 0 saturated carbocycles. The lowest BCUT2D eigenvalue weighted by atomic mass is 10.3. The van der Waals surface area contributed by atoms with Crippen molar-refractivity contribution in [2.45, 2.75) is 0 Å². The van der Waals surface area contributed by atoms with Crippen LogP contribution in [0.3, 0.4) is 0 Å². The number of anilines is 2. The zero-order valence-electron chi connectivity index (χ0n) is 7.37. The van der Waals surface area contributed by atoms with E-state index in [4.69, 9.17) is 11.6 Å². The fraction of sp³-hybridized carbons (Fsp3) is 0. The van der Waals surface area contributed by atoms with Gasteiger partial charge in [-0.1, -0.05) is 29.8 Å². The van der Waals surface area contributed by atoms with Crippen molar-refractivity contribution in [1.29, 1.82) is 0 Å². The number of halogens is 1. The van der Waals surface area contributed by atoms with E-state index in [1.807, 2.05) is 30.3 Å². The molecule has 1 aromatic carbocycles. The van der Waals surface area contributed by atoms with Gasteiger partial charge in [0.05, 0.1) is 11.9 Å². The molecule has 2 aromatic rings. The summed E-state index contributed by atoms with van der Waals surface area (Å²) in [4.78, 5) is 3.96. The Hall–Kier alpha value is -1.54.